The number of nitrogens with two attached hydrogens (primary N) is 1. The van der Waals surface area contributed by atoms with E-state index in [-0.39, 0.29) is 0 Å². The minimum Gasteiger partial charge on any atom is -0.328 e. The van der Waals surface area contributed by atoms with Gasteiger partial charge in [0.2, 0.25) is 0 Å². The molecule has 0 saturated carbocycles. The lowest BCUT2D eigenvalue weighted by Gasteiger charge is -2.29. The fraction of sp³-hybridized carbons (Fsp3) is 1.00. The van der Waals surface area contributed by atoms with Gasteiger partial charge in [-0.1, -0.05) is 6.92 Å². The van der Waals surface area contributed by atoms with Crippen LogP contribution >= 0.6 is 0 Å². The zero-order valence-corrected chi connectivity index (χ0v) is 9.18. The molecule has 0 spiro atoms. The first-order chi connectivity index (χ1) is 6.22. The van der Waals surface area contributed by atoms with Crippen LogP contribution in [0.4, 0.5) is 0 Å². The number of nitrogens with zero attached hydrogens (tertiary/aromatic N) is 1. The fourth-order valence-corrected chi connectivity index (χ4v) is 2.30. The van der Waals surface area contributed by atoms with Gasteiger partial charge in [0.25, 0.3) is 0 Å². The van der Waals surface area contributed by atoms with Crippen molar-refractivity contribution in [1.29, 1.82) is 0 Å². The van der Waals surface area contributed by atoms with Crippen molar-refractivity contribution in [3.05, 3.63) is 0 Å². The zero-order chi connectivity index (χ0) is 9.68. The van der Waals surface area contributed by atoms with Crippen LogP contribution < -0.4 is 5.73 Å². The Kier molecular flexibility index (Phi) is 4.91. The van der Waals surface area contributed by atoms with E-state index in [1.807, 2.05) is 6.92 Å². The second kappa shape index (κ2) is 5.73. The Morgan fingerprint density at radius 3 is 2.62 bits per heavy atom. The second-order valence-corrected chi connectivity index (χ2v) is 5.48. The molecule has 1 aliphatic heterocycles. The van der Waals surface area contributed by atoms with Crippen molar-refractivity contribution < 1.29 is 4.21 Å². The third kappa shape index (κ3) is 4.20. The lowest BCUT2D eigenvalue weighted by molar-refractivity contribution is 0.224. The monoisotopic (exact) mass is 204 g/mol. The Balaban J connectivity index is 2.12. The van der Waals surface area contributed by atoms with E-state index in [0.717, 1.165) is 44.0 Å². The first-order valence-electron chi connectivity index (χ1n) is 5.05. The summed E-state index contributed by atoms with van der Waals surface area (Å²) in [6.45, 7) is 5.12. The summed E-state index contributed by atoms with van der Waals surface area (Å²) in [4.78, 5) is 2.37. The predicted octanol–water partition coefficient (Wildman–Crippen LogP) is 0.178. The molecule has 1 aliphatic rings. The molecule has 0 bridgehead atoms. The van der Waals surface area contributed by atoms with E-state index in [2.05, 4.69) is 4.90 Å². The molecular formula is C9H20N2OS. The van der Waals surface area contributed by atoms with Gasteiger partial charge in [0.1, 0.15) is 0 Å². The molecule has 4 heteroatoms. The summed E-state index contributed by atoms with van der Waals surface area (Å²) in [5.41, 5.74) is 5.79. The van der Waals surface area contributed by atoms with Gasteiger partial charge in [0.05, 0.1) is 0 Å². The average Bonchev–Trinajstić information content (AvgIpc) is 2.16. The molecule has 78 valence electrons. The van der Waals surface area contributed by atoms with Gasteiger partial charge in [-0.25, -0.2) is 0 Å². The van der Waals surface area contributed by atoms with Gasteiger partial charge in [-0.3, -0.25) is 4.21 Å². The van der Waals surface area contributed by atoms with Gasteiger partial charge >= 0.3 is 0 Å². The van der Waals surface area contributed by atoms with Gasteiger partial charge < -0.3 is 10.6 Å². The minimum atomic E-state index is -0.610. The van der Waals surface area contributed by atoms with Crippen molar-refractivity contribution in [2.24, 2.45) is 5.73 Å². The molecule has 1 heterocycles. The molecule has 0 radical (unpaired) electrons. The third-order valence-corrected chi connectivity index (χ3v) is 3.87. The summed E-state index contributed by atoms with van der Waals surface area (Å²) in [6.07, 6.45) is 2.19. The van der Waals surface area contributed by atoms with Crippen molar-refractivity contribution in [1.82, 2.24) is 4.90 Å². The maximum atomic E-state index is 11.2. The molecule has 1 saturated heterocycles. The van der Waals surface area contributed by atoms with Crippen LogP contribution in [0, 0.1) is 0 Å². The SMILES string of the molecule is CC[S@@](=O)CCN1CCC(N)CC1. The van der Waals surface area contributed by atoms with E-state index in [1.165, 1.54) is 0 Å². The van der Waals surface area contributed by atoms with Crippen LogP contribution in [0.5, 0.6) is 0 Å². The molecule has 1 fully saturated rings. The molecule has 0 aromatic carbocycles. The standard InChI is InChI=1S/C9H20N2OS/c1-2-13(12)8-7-11-5-3-9(10)4-6-11/h9H,2-8,10H2,1H3/t13-/m1/s1. The smallest absolute Gasteiger partial charge is 0.0362 e. The summed E-state index contributed by atoms with van der Waals surface area (Å²) in [7, 11) is -0.610. The highest BCUT2D eigenvalue weighted by Crippen LogP contribution is 2.07. The number of rotatable bonds is 4. The maximum absolute atomic E-state index is 11.2. The van der Waals surface area contributed by atoms with E-state index in [4.69, 9.17) is 5.73 Å². The van der Waals surface area contributed by atoms with E-state index in [0.29, 0.717) is 6.04 Å². The predicted molar refractivity (Wildman–Crippen MR) is 57.2 cm³/mol. The van der Waals surface area contributed by atoms with Crippen LogP contribution in [0.15, 0.2) is 0 Å². The molecule has 1 rings (SSSR count). The zero-order valence-electron chi connectivity index (χ0n) is 8.37. The summed E-state index contributed by atoms with van der Waals surface area (Å²) >= 11 is 0. The van der Waals surface area contributed by atoms with Crippen molar-refractivity contribution in [3.63, 3.8) is 0 Å². The third-order valence-electron chi connectivity index (χ3n) is 2.59. The Hall–Kier alpha value is 0.0700. The molecule has 1 atom stereocenters. The van der Waals surface area contributed by atoms with E-state index < -0.39 is 10.8 Å². The van der Waals surface area contributed by atoms with E-state index in [1.54, 1.807) is 0 Å². The van der Waals surface area contributed by atoms with Crippen LogP contribution in [0.1, 0.15) is 19.8 Å². The van der Waals surface area contributed by atoms with Crippen molar-refractivity contribution >= 4 is 10.8 Å². The van der Waals surface area contributed by atoms with Crippen LogP contribution in [-0.2, 0) is 10.8 Å². The summed E-state index contributed by atoms with van der Waals surface area (Å²) in [5.74, 6) is 1.61. The summed E-state index contributed by atoms with van der Waals surface area (Å²) < 4.78 is 11.2. The highest BCUT2D eigenvalue weighted by atomic mass is 32.2. The number of hydrogen-bond donors (Lipinski definition) is 1. The average molecular weight is 204 g/mol. The maximum Gasteiger partial charge on any atom is 0.0362 e. The Morgan fingerprint density at radius 2 is 2.08 bits per heavy atom. The van der Waals surface area contributed by atoms with Gasteiger partial charge in [0, 0.05) is 34.9 Å². The number of piperidine rings is 1. The van der Waals surface area contributed by atoms with Crippen LogP contribution in [0.25, 0.3) is 0 Å². The number of hydrogen-bond acceptors (Lipinski definition) is 3. The Bertz CT molecular complexity index is 167. The molecular weight excluding hydrogens is 184 g/mol. The van der Waals surface area contributed by atoms with Crippen molar-refractivity contribution in [3.8, 4) is 0 Å². The van der Waals surface area contributed by atoms with Crippen LogP contribution in [0.3, 0.4) is 0 Å². The van der Waals surface area contributed by atoms with Crippen LogP contribution in [0.2, 0.25) is 0 Å². The Morgan fingerprint density at radius 1 is 1.46 bits per heavy atom. The molecule has 0 unspecified atom stereocenters. The molecule has 0 aliphatic carbocycles. The molecule has 3 nitrogen and oxygen atoms in total. The molecule has 0 aromatic rings. The summed E-state index contributed by atoms with van der Waals surface area (Å²) in [5, 5.41) is 0. The minimum absolute atomic E-state index is 0.396. The van der Waals surface area contributed by atoms with Gasteiger partial charge in [0.15, 0.2) is 0 Å². The summed E-state index contributed by atoms with van der Waals surface area (Å²) in [6, 6.07) is 0.396. The quantitative estimate of drug-likeness (QED) is 0.710. The van der Waals surface area contributed by atoms with Gasteiger partial charge in [-0.15, -0.1) is 0 Å². The topological polar surface area (TPSA) is 46.3 Å². The first kappa shape index (κ1) is 11.1. The molecule has 2 N–H and O–H groups in total. The van der Waals surface area contributed by atoms with E-state index >= 15 is 0 Å². The highest BCUT2D eigenvalue weighted by Gasteiger charge is 2.15. The molecule has 13 heavy (non-hydrogen) atoms. The molecule has 0 aromatic heterocycles. The fourth-order valence-electron chi connectivity index (χ4n) is 1.55. The lowest BCUT2D eigenvalue weighted by Crippen LogP contribution is -2.41. The normalized spacial score (nSPS) is 23.2. The van der Waals surface area contributed by atoms with E-state index in [9.17, 15) is 4.21 Å². The number of likely N-dealkylation sites (tertiary alicyclic amines) is 1. The highest BCUT2D eigenvalue weighted by molar-refractivity contribution is 7.84. The van der Waals surface area contributed by atoms with Gasteiger partial charge in [-0.05, 0) is 25.9 Å². The molecule has 0 amide bonds. The largest absolute Gasteiger partial charge is 0.328 e. The lowest BCUT2D eigenvalue weighted by atomic mass is 10.1. The second-order valence-electron chi connectivity index (χ2n) is 3.61. The van der Waals surface area contributed by atoms with Crippen molar-refractivity contribution in [2.45, 2.75) is 25.8 Å². The first-order valence-corrected chi connectivity index (χ1v) is 6.54. The Labute approximate surface area is 83.1 Å². The van der Waals surface area contributed by atoms with Crippen LogP contribution in [-0.4, -0.2) is 46.3 Å². The van der Waals surface area contributed by atoms with Gasteiger partial charge in [-0.2, -0.15) is 0 Å². The van der Waals surface area contributed by atoms with Crippen molar-refractivity contribution in [2.75, 3.05) is 31.1 Å².